The molecule has 0 aromatic carbocycles. The molecule has 1 unspecified atom stereocenters. The SMILES string of the molecule is CNC(COCCC(F)(F)F)(C(=O)OC)C1CC1. The maximum atomic E-state index is 12.0. The zero-order valence-corrected chi connectivity index (χ0v) is 10.5. The van der Waals surface area contributed by atoms with Crippen molar-refractivity contribution in [2.24, 2.45) is 5.92 Å². The Balaban J connectivity index is 2.49. The average Bonchev–Trinajstić information content (AvgIpc) is 3.12. The second-order valence-electron chi connectivity index (χ2n) is 4.40. The molecule has 7 heteroatoms. The van der Waals surface area contributed by atoms with Gasteiger partial charge in [0.25, 0.3) is 0 Å². The maximum Gasteiger partial charge on any atom is 0.391 e. The fraction of sp³-hybridized carbons (Fsp3) is 0.909. The third-order valence-corrected chi connectivity index (χ3v) is 3.13. The number of hydrogen-bond donors (Lipinski definition) is 1. The highest BCUT2D eigenvalue weighted by molar-refractivity contribution is 5.82. The molecule has 1 aliphatic rings. The van der Waals surface area contributed by atoms with Crippen LogP contribution in [0.2, 0.25) is 0 Å². The van der Waals surface area contributed by atoms with Gasteiger partial charge in [0.2, 0.25) is 0 Å². The van der Waals surface area contributed by atoms with Crippen LogP contribution in [0.25, 0.3) is 0 Å². The zero-order chi connectivity index (χ0) is 13.8. The van der Waals surface area contributed by atoms with Crippen LogP contribution >= 0.6 is 0 Å². The topological polar surface area (TPSA) is 47.6 Å². The maximum absolute atomic E-state index is 12.0. The summed E-state index contributed by atoms with van der Waals surface area (Å²) in [7, 11) is 2.84. The molecule has 0 aliphatic heterocycles. The summed E-state index contributed by atoms with van der Waals surface area (Å²) >= 11 is 0. The van der Waals surface area contributed by atoms with E-state index in [9.17, 15) is 18.0 Å². The predicted octanol–water partition coefficient (Wildman–Crippen LogP) is 1.50. The number of methoxy groups -OCH3 is 1. The molecule has 1 saturated carbocycles. The number of ether oxygens (including phenoxy) is 2. The molecule has 1 rings (SSSR count). The van der Waals surface area contributed by atoms with Crippen LogP contribution in [0.4, 0.5) is 13.2 Å². The summed E-state index contributed by atoms with van der Waals surface area (Å²) in [5.74, 6) is -0.416. The van der Waals surface area contributed by atoms with E-state index in [2.05, 4.69) is 5.32 Å². The van der Waals surface area contributed by atoms with Crippen LogP contribution in [-0.2, 0) is 14.3 Å². The van der Waals surface area contributed by atoms with E-state index in [4.69, 9.17) is 9.47 Å². The predicted molar refractivity (Wildman–Crippen MR) is 58.0 cm³/mol. The van der Waals surface area contributed by atoms with Crippen LogP contribution in [0.15, 0.2) is 0 Å². The van der Waals surface area contributed by atoms with E-state index in [1.54, 1.807) is 7.05 Å². The van der Waals surface area contributed by atoms with E-state index >= 15 is 0 Å². The van der Waals surface area contributed by atoms with E-state index in [1.807, 2.05) is 0 Å². The monoisotopic (exact) mass is 269 g/mol. The van der Waals surface area contributed by atoms with Gasteiger partial charge in [-0.15, -0.1) is 0 Å². The molecular formula is C11H18F3NO3. The van der Waals surface area contributed by atoms with Crippen molar-refractivity contribution in [2.75, 3.05) is 27.4 Å². The Bertz CT molecular complexity index is 292. The summed E-state index contributed by atoms with van der Waals surface area (Å²) in [4.78, 5) is 11.8. The summed E-state index contributed by atoms with van der Waals surface area (Å²) in [5.41, 5.74) is -1.01. The number of rotatable bonds is 7. The lowest BCUT2D eigenvalue weighted by Gasteiger charge is -2.30. The molecule has 0 bridgehead atoms. The lowest BCUT2D eigenvalue weighted by atomic mass is 9.94. The molecule has 106 valence electrons. The lowest BCUT2D eigenvalue weighted by molar-refractivity contribution is -0.157. The fourth-order valence-corrected chi connectivity index (χ4v) is 1.90. The van der Waals surface area contributed by atoms with Gasteiger partial charge in [0.15, 0.2) is 0 Å². The van der Waals surface area contributed by atoms with Crippen molar-refractivity contribution in [1.29, 1.82) is 0 Å². The molecule has 18 heavy (non-hydrogen) atoms. The molecule has 0 saturated heterocycles. The Hall–Kier alpha value is -0.820. The molecule has 1 atom stereocenters. The van der Waals surface area contributed by atoms with Gasteiger partial charge < -0.3 is 14.8 Å². The summed E-state index contributed by atoms with van der Waals surface area (Å²) < 4.78 is 45.6. The summed E-state index contributed by atoms with van der Waals surface area (Å²) in [6.45, 7) is -0.548. The van der Waals surface area contributed by atoms with Crippen LogP contribution in [0.3, 0.4) is 0 Å². The van der Waals surface area contributed by atoms with Gasteiger partial charge in [-0.05, 0) is 25.8 Å². The molecular weight excluding hydrogens is 251 g/mol. The number of nitrogens with one attached hydrogen (secondary N) is 1. The average molecular weight is 269 g/mol. The zero-order valence-electron chi connectivity index (χ0n) is 10.5. The second kappa shape index (κ2) is 5.88. The normalized spacial score (nSPS) is 19.4. The largest absolute Gasteiger partial charge is 0.468 e. The molecule has 1 N–H and O–H groups in total. The van der Waals surface area contributed by atoms with Crippen molar-refractivity contribution in [2.45, 2.75) is 31.0 Å². The first kappa shape index (κ1) is 15.2. The van der Waals surface area contributed by atoms with Crippen molar-refractivity contribution in [3.63, 3.8) is 0 Å². The number of alkyl halides is 3. The number of halogens is 3. The third-order valence-electron chi connectivity index (χ3n) is 3.13. The highest BCUT2D eigenvalue weighted by atomic mass is 19.4. The van der Waals surface area contributed by atoms with Gasteiger partial charge in [-0.2, -0.15) is 13.2 Å². The number of likely N-dealkylation sites (N-methyl/N-ethyl adjacent to an activating group) is 1. The number of carbonyl (C=O) groups is 1. The molecule has 0 spiro atoms. The first-order valence-electron chi connectivity index (χ1n) is 5.77. The first-order chi connectivity index (χ1) is 8.35. The summed E-state index contributed by atoms with van der Waals surface area (Å²) in [6.07, 6.45) is -3.57. The van der Waals surface area contributed by atoms with Gasteiger partial charge in [0.05, 0.1) is 26.7 Å². The molecule has 0 aromatic heterocycles. The molecule has 1 aliphatic carbocycles. The standard InChI is InChI=1S/C11H18F3NO3/c1-15-10(8-3-4-8,9(16)17-2)7-18-6-5-11(12,13)14/h8,15H,3-7H2,1-2H3. The van der Waals surface area contributed by atoms with Crippen LogP contribution in [0.1, 0.15) is 19.3 Å². The number of esters is 1. The Morgan fingerprint density at radius 2 is 2.00 bits per heavy atom. The minimum Gasteiger partial charge on any atom is -0.468 e. The van der Waals surface area contributed by atoms with Crippen molar-refractivity contribution in [1.82, 2.24) is 5.32 Å². The summed E-state index contributed by atoms with van der Waals surface area (Å²) in [5, 5.41) is 2.85. The van der Waals surface area contributed by atoms with Gasteiger partial charge in [-0.3, -0.25) is 0 Å². The Labute approximate surface area is 104 Å². The minimum atomic E-state index is -4.24. The Morgan fingerprint density at radius 3 is 2.39 bits per heavy atom. The number of hydrogen-bond acceptors (Lipinski definition) is 4. The first-order valence-corrected chi connectivity index (χ1v) is 5.77. The van der Waals surface area contributed by atoms with Gasteiger partial charge in [-0.1, -0.05) is 0 Å². The molecule has 0 amide bonds. The highest BCUT2D eigenvalue weighted by Gasteiger charge is 2.51. The van der Waals surface area contributed by atoms with Crippen molar-refractivity contribution in [3.05, 3.63) is 0 Å². The quantitative estimate of drug-likeness (QED) is 0.562. The molecule has 1 fully saturated rings. The molecule has 0 radical (unpaired) electrons. The fourth-order valence-electron chi connectivity index (χ4n) is 1.90. The lowest BCUT2D eigenvalue weighted by Crippen LogP contribution is -2.56. The third kappa shape index (κ3) is 3.84. The van der Waals surface area contributed by atoms with Crippen LogP contribution in [-0.4, -0.2) is 45.1 Å². The van der Waals surface area contributed by atoms with Crippen LogP contribution in [0.5, 0.6) is 0 Å². The molecule has 4 nitrogen and oxygen atoms in total. The Kier molecular flexibility index (Phi) is 4.98. The highest BCUT2D eigenvalue weighted by Crippen LogP contribution is 2.40. The van der Waals surface area contributed by atoms with E-state index in [1.165, 1.54) is 7.11 Å². The van der Waals surface area contributed by atoms with E-state index in [0.29, 0.717) is 0 Å². The van der Waals surface area contributed by atoms with Crippen molar-refractivity contribution >= 4 is 5.97 Å². The van der Waals surface area contributed by atoms with Gasteiger partial charge >= 0.3 is 12.1 Å². The van der Waals surface area contributed by atoms with E-state index in [0.717, 1.165) is 12.8 Å². The van der Waals surface area contributed by atoms with Crippen LogP contribution < -0.4 is 5.32 Å². The number of carbonyl (C=O) groups excluding carboxylic acids is 1. The van der Waals surface area contributed by atoms with Crippen LogP contribution in [0, 0.1) is 5.92 Å². The van der Waals surface area contributed by atoms with E-state index in [-0.39, 0.29) is 12.5 Å². The summed E-state index contributed by atoms with van der Waals surface area (Å²) in [6, 6.07) is 0. The van der Waals surface area contributed by atoms with Crippen molar-refractivity contribution < 1.29 is 27.4 Å². The minimum absolute atomic E-state index is 0.0702. The second-order valence-corrected chi connectivity index (χ2v) is 4.40. The van der Waals surface area contributed by atoms with E-state index < -0.39 is 30.7 Å². The molecule has 0 heterocycles. The Morgan fingerprint density at radius 1 is 1.39 bits per heavy atom. The molecule has 0 aromatic rings. The van der Waals surface area contributed by atoms with Gasteiger partial charge in [0, 0.05) is 0 Å². The smallest absolute Gasteiger partial charge is 0.391 e. The van der Waals surface area contributed by atoms with Gasteiger partial charge in [-0.25, -0.2) is 4.79 Å². The van der Waals surface area contributed by atoms with Crippen molar-refractivity contribution in [3.8, 4) is 0 Å². The van der Waals surface area contributed by atoms with Gasteiger partial charge in [0.1, 0.15) is 5.54 Å².